The van der Waals surface area contributed by atoms with Crippen LogP contribution in [0.3, 0.4) is 0 Å². The first-order chi connectivity index (χ1) is 7.50. The third-order valence-electron chi connectivity index (χ3n) is 2.33. The maximum absolute atomic E-state index is 9.02. The van der Waals surface area contributed by atoms with E-state index in [1.165, 1.54) is 16.3 Å². The number of aliphatic hydroxyl groups is 1. The highest BCUT2D eigenvalue weighted by Gasteiger charge is 2.09. The number of hydrogen-bond acceptors (Lipinski definition) is 3. The van der Waals surface area contributed by atoms with Crippen molar-refractivity contribution in [2.24, 2.45) is 0 Å². The fourth-order valence-electron chi connectivity index (χ4n) is 1.31. The largest absolute Gasteiger partial charge is 0.387 e. The van der Waals surface area contributed by atoms with Crippen LogP contribution in [0.5, 0.6) is 0 Å². The van der Waals surface area contributed by atoms with Crippen molar-refractivity contribution >= 4 is 14.9 Å². The van der Waals surface area contributed by atoms with E-state index in [1.807, 2.05) is 6.07 Å². The van der Waals surface area contributed by atoms with Crippen LogP contribution in [0.1, 0.15) is 25.0 Å². The molecule has 1 N–H and O–H groups in total. The average molecular weight is 238 g/mol. The third kappa shape index (κ3) is 4.06. The molecule has 1 aromatic carbocycles. The molecule has 88 valence electrons. The Morgan fingerprint density at radius 3 is 2.56 bits per heavy atom. The van der Waals surface area contributed by atoms with Crippen molar-refractivity contribution < 1.29 is 14.3 Å². The van der Waals surface area contributed by atoms with Gasteiger partial charge in [-0.2, -0.15) is 0 Å². The smallest absolute Gasteiger partial charge is 0.272 e. The molecule has 0 aliphatic rings. The summed E-state index contributed by atoms with van der Waals surface area (Å²) in [6.07, 6.45) is -1.18. The maximum Gasteiger partial charge on any atom is 0.272 e. The van der Waals surface area contributed by atoms with Gasteiger partial charge in [-0.3, -0.25) is 0 Å². The number of rotatable bonds is 5. The highest BCUT2D eigenvalue weighted by atomic mass is 28.2. The SMILES string of the molecule is Cc1cccc([Si]OC(C)OC(C)O)c1C. The predicted octanol–water partition coefficient (Wildman–Crippen LogP) is 1.27. The van der Waals surface area contributed by atoms with Gasteiger partial charge in [-0.05, 0) is 44.0 Å². The van der Waals surface area contributed by atoms with Gasteiger partial charge in [0, 0.05) is 0 Å². The Kier molecular flexibility index (Phi) is 5.14. The zero-order chi connectivity index (χ0) is 12.1. The van der Waals surface area contributed by atoms with Gasteiger partial charge in [-0.25, -0.2) is 0 Å². The lowest BCUT2D eigenvalue weighted by Crippen LogP contribution is -2.28. The van der Waals surface area contributed by atoms with Crippen LogP contribution in [0.25, 0.3) is 0 Å². The Morgan fingerprint density at radius 1 is 1.25 bits per heavy atom. The Hall–Kier alpha value is -0.683. The summed E-state index contributed by atoms with van der Waals surface area (Å²) in [6.45, 7) is 7.52. The number of ether oxygens (including phenoxy) is 1. The van der Waals surface area contributed by atoms with E-state index in [9.17, 15) is 0 Å². The minimum Gasteiger partial charge on any atom is -0.387 e. The van der Waals surface area contributed by atoms with E-state index in [2.05, 4.69) is 26.0 Å². The zero-order valence-electron chi connectivity index (χ0n) is 10.2. The van der Waals surface area contributed by atoms with E-state index < -0.39 is 12.6 Å². The molecular weight excluding hydrogens is 220 g/mol. The van der Waals surface area contributed by atoms with E-state index >= 15 is 0 Å². The molecule has 0 amide bonds. The summed E-state index contributed by atoms with van der Waals surface area (Å²) in [6, 6.07) is 6.16. The van der Waals surface area contributed by atoms with Gasteiger partial charge in [-0.15, -0.1) is 0 Å². The molecule has 0 aromatic heterocycles. The lowest BCUT2D eigenvalue weighted by Gasteiger charge is -2.16. The summed E-state index contributed by atoms with van der Waals surface area (Å²) in [7, 11) is 0.243. The van der Waals surface area contributed by atoms with Crippen molar-refractivity contribution in [3.8, 4) is 0 Å². The van der Waals surface area contributed by atoms with Crippen LogP contribution in [0, 0.1) is 13.8 Å². The van der Waals surface area contributed by atoms with Gasteiger partial charge in [0.25, 0.3) is 9.76 Å². The quantitative estimate of drug-likeness (QED) is 0.620. The number of benzene rings is 1. The van der Waals surface area contributed by atoms with E-state index in [4.69, 9.17) is 14.3 Å². The first kappa shape index (κ1) is 13.4. The van der Waals surface area contributed by atoms with Crippen molar-refractivity contribution in [3.05, 3.63) is 29.3 Å². The molecule has 2 unspecified atom stereocenters. The van der Waals surface area contributed by atoms with Crippen molar-refractivity contribution in [1.82, 2.24) is 0 Å². The van der Waals surface area contributed by atoms with E-state index in [0.717, 1.165) is 0 Å². The summed E-state index contributed by atoms with van der Waals surface area (Å²) in [5.41, 5.74) is 2.52. The van der Waals surface area contributed by atoms with E-state index in [-0.39, 0.29) is 9.76 Å². The minimum absolute atomic E-state index is 0.243. The van der Waals surface area contributed by atoms with Gasteiger partial charge >= 0.3 is 0 Å². The highest BCUT2D eigenvalue weighted by Crippen LogP contribution is 2.03. The standard InChI is InChI=1S/C12H18O3Si/c1-8-6-5-7-12(9(8)2)16-15-11(4)14-10(3)13/h5-7,10-11,13H,1-4H3. The predicted molar refractivity (Wildman–Crippen MR) is 64.6 cm³/mol. The van der Waals surface area contributed by atoms with Crippen LogP contribution in [0.4, 0.5) is 0 Å². The van der Waals surface area contributed by atoms with Crippen LogP contribution < -0.4 is 5.19 Å². The topological polar surface area (TPSA) is 38.7 Å². The second-order valence-corrected chi connectivity index (χ2v) is 4.75. The van der Waals surface area contributed by atoms with Crippen molar-refractivity contribution in [2.75, 3.05) is 0 Å². The summed E-state index contributed by atoms with van der Waals surface area (Å²) < 4.78 is 10.6. The van der Waals surface area contributed by atoms with E-state index in [1.54, 1.807) is 13.8 Å². The molecule has 1 aromatic rings. The van der Waals surface area contributed by atoms with Crippen LogP contribution in [0.2, 0.25) is 0 Å². The second-order valence-electron chi connectivity index (χ2n) is 3.77. The highest BCUT2D eigenvalue weighted by molar-refractivity contribution is 6.47. The summed E-state index contributed by atoms with van der Waals surface area (Å²) in [4.78, 5) is 0. The van der Waals surface area contributed by atoms with Gasteiger partial charge in [0.15, 0.2) is 6.29 Å². The number of aryl methyl sites for hydroxylation is 1. The summed E-state index contributed by atoms with van der Waals surface area (Å²) in [5, 5.41) is 10.2. The monoisotopic (exact) mass is 238 g/mol. The molecule has 2 atom stereocenters. The minimum atomic E-state index is -0.793. The third-order valence-corrected chi connectivity index (χ3v) is 3.54. The molecule has 16 heavy (non-hydrogen) atoms. The summed E-state index contributed by atoms with van der Waals surface area (Å²) >= 11 is 0. The molecule has 2 radical (unpaired) electrons. The maximum atomic E-state index is 9.02. The van der Waals surface area contributed by atoms with Crippen molar-refractivity contribution in [3.63, 3.8) is 0 Å². The molecule has 0 bridgehead atoms. The van der Waals surface area contributed by atoms with Gasteiger partial charge in [0.2, 0.25) is 0 Å². The molecule has 0 aliphatic heterocycles. The first-order valence-electron chi connectivity index (χ1n) is 5.32. The van der Waals surface area contributed by atoms with E-state index in [0.29, 0.717) is 0 Å². The van der Waals surface area contributed by atoms with Gasteiger partial charge < -0.3 is 14.3 Å². The normalized spacial score (nSPS) is 14.8. The van der Waals surface area contributed by atoms with Crippen LogP contribution in [0.15, 0.2) is 18.2 Å². The molecule has 0 saturated carbocycles. The van der Waals surface area contributed by atoms with Crippen molar-refractivity contribution in [1.29, 1.82) is 0 Å². The Balaban J connectivity index is 2.51. The molecule has 0 spiro atoms. The molecule has 0 aliphatic carbocycles. The zero-order valence-corrected chi connectivity index (χ0v) is 11.2. The van der Waals surface area contributed by atoms with Gasteiger partial charge in [-0.1, -0.05) is 18.2 Å². The molecule has 0 saturated heterocycles. The van der Waals surface area contributed by atoms with Crippen LogP contribution in [-0.4, -0.2) is 27.4 Å². The second kappa shape index (κ2) is 6.15. The molecular formula is C12H18O3Si. The van der Waals surface area contributed by atoms with Crippen molar-refractivity contribution in [2.45, 2.75) is 40.3 Å². The lowest BCUT2D eigenvalue weighted by atomic mass is 10.1. The first-order valence-corrected chi connectivity index (χ1v) is 6.23. The van der Waals surface area contributed by atoms with Crippen LogP contribution in [-0.2, 0) is 9.16 Å². The molecule has 0 fully saturated rings. The molecule has 1 rings (SSSR count). The van der Waals surface area contributed by atoms with Gasteiger partial charge in [0.05, 0.1) is 0 Å². The fraction of sp³-hybridized carbons (Fsp3) is 0.500. The average Bonchev–Trinajstić information content (AvgIpc) is 2.19. The molecule has 0 heterocycles. The van der Waals surface area contributed by atoms with Crippen LogP contribution >= 0.6 is 0 Å². The Morgan fingerprint density at radius 2 is 1.94 bits per heavy atom. The fourth-order valence-corrected chi connectivity index (χ4v) is 2.18. The summed E-state index contributed by atoms with van der Waals surface area (Å²) in [5.74, 6) is 0. The Bertz CT molecular complexity index is 339. The van der Waals surface area contributed by atoms with Gasteiger partial charge in [0.1, 0.15) is 6.29 Å². The molecule has 4 heteroatoms. The Labute approximate surface area is 99.3 Å². The number of aliphatic hydroxyl groups excluding tert-OH is 1. The molecule has 3 nitrogen and oxygen atoms in total. The number of hydrogen-bond donors (Lipinski definition) is 1. The lowest BCUT2D eigenvalue weighted by molar-refractivity contribution is -0.179.